The highest BCUT2D eigenvalue weighted by Gasteiger charge is 2.28. The van der Waals surface area contributed by atoms with Gasteiger partial charge in [-0.2, -0.15) is 0 Å². The van der Waals surface area contributed by atoms with E-state index in [0.717, 1.165) is 43.6 Å². The second-order valence-electron chi connectivity index (χ2n) is 8.56. The second-order valence-corrected chi connectivity index (χ2v) is 8.56. The summed E-state index contributed by atoms with van der Waals surface area (Å²) in [5.74, 6) is -0.473. The molecule has 3 aromatic rings. The zero-order chi connectivity index (χ0) is 23.7. The zero-order valence-electron chi connectivity index (χ0n) is 18.6. The summed E-state index contributed by atoms with van der Waals surface area (Å²) in [6.45, 7) is 2.07. The lowest BCUT2D eigenvalue weighted by atomic mass is 10.1. The number of benzene rings is 3. The molecule has 5 rings (SSSR count). The largest absolute Gasteiger partial charge is 0.366 e. The Hall–Kier alpha value is -4.20. The maximum absolute atomic E-state index is 12.8. The Morgan fingerprint density at radius 3 is 2.38 bits per heavy atom. The Labute approximate surface area is 196 Å². The van der Waals surface area contributed by atoms with Gasteiger partial charge in [-0.25, -0.2) is 0 Å². The number of rotatable bonds is 5. The number of amides is 2. The summed E-state index contributed by atoms with van der Waals surface area (Å²) in [6, 6.07) is 19.2. The predicted octanol–water partition coefficient (Wildman–Crippen LogP) is 5.00. The molecule has 0 aliphatic carbocycles. The number of carbonyl (C=O) groups is 2. The van der Waals surface area contributed by atoms with Crippen molar-refractivity contribution in [1.29, 1.82) is 0 Å². The van der Waals surface area contributed by atoms with E-state index in [1.807, 2.05) is 29.2 Å². The minimum absolute atomic E-state index is 0.0477. The van der Waals surface area contributed by atoms with Crippen LogP contribution in [0.2, 0.25) is 0 Å². The van der Waals surface area contributed by atoms with E-state index in [0.29, 0.717) is 23.5 Å². The van der Waals surface area contributed by atoms with Crippen LogP contribution >= 0.6 is 0 Å². The number of nitrogens with zero attached hydrogens (tertiary/aromatic N) is 3. The van der Waals surface area contributed by atoms with Crippen molar-refractivity contribution >= 4 is 34.6 Å². The van der Waals surface area contributed by atoms with Crippen LogP contribution in [0.1, 0.15) is 45.5 Å². The number of piperidine rings is 1. The molecule has 34 heavy (non-hydrogen) atoms. The van der Waals surface area contributed by atoms with E-state index in [1.165, 1.54) is 6.07 Å². The summed E-state index contributed by atoms with van der Waals surface area (Å²) >= 11 is 0. The molecule has 2 heterocycles. The van der Waals surface area contributed by atoms with Gasteiger partial charge in [-0.15, -0.1) is 0 Å². The third-order valence-electron chi connectivity index (χ3n) is 6.39. The van der Waals surface area contributed by atoms with Gasteiger partial charge in [0, 0.05) is 41.7 Å². The number of hydrogen-bond donors (Lipinski definition) is 1. The molecule has 0 aromatic heterocycles. The van der Waals surface area contributed by atoms with Crippen molar-refractivity contribution in [2.24, 2.45) is 0 Å². The van der Waals surface area contributed by atoms with Crippen LogP contribution in [0.3, 0.4) is 0 Å². The Morgan fingerprint density at radius 2 is 1.68 bits per heavy atom. The fourth-order valence-corrected chi connectivity index (χ4v) is 4.60. The number of nitro groups is 1. The van der Waals surface area contributed by atoms with Crippen LogP contribution in [0, 0.1) is 10.1 Å². The van der Waals surface area contributed by atoms with E-state index >= 15 is 0 Å². The topological polar surface area (TPSA) is 95.8 Å². The van der Waals surface area contributed by atoms with Crippen molar-refractivity contribution in [3.05, 3.63) is 93.5 Å². The average molecular weight is 457 g/mol. The van der Waals surface area contributed by atoms with Crippen molar-refractivity contribution in [2.75, 3.05) is 28.2 Å². The summed E-state index contributed by atoms with van der Waals surface area (Å²) in [7, 11) is 0. The Kier molecular flexibility index (Phi) is 5.71. The molecule has 8 nitrogen and oxygen atoms in total. The normalized spacial score (nSPS) is 15.2. The van der Waals surface area contributed by atoms with Gasteiger partial charge >= 0.3 is 0 Å². The van der Waals surface area contributed by atoms with Crippen LogP contribution in [0.15, 0.2) is 66.7 Å². The highest BCUT2D eigenvalue weighted by atomic mass is 16.6. The van der Waals surface area contributed by atoms with E-state index in [9.17, 15) is 19.7 Å². The zero-order valence-corrected chi connectivity index (χ0v) is 18.6. The Morgan fingerprint density at radius 1 is 0.941 bits per heavy atom. The lowest BCUT2D eigenvalue weighted by molar-refractivity contribution is -0.384. The predicted molar refractivity (Wildman–Crippen MR) is 131 cm³/mol. The van der Waals surface area contributed by atoms with Crippen molar-refractivity contribution in [2.45, 2.75) is 25.8 Å². The quantitative estimate of drug-likeness (QED) is 0.431. The van der Waals surface area contributed by atoms with E-state index in [4.69, 9.17) is 0 Å². The first-order valence-corrected chi connectivity index (χ1v) is 11.4. The Bertz CT molecular complexity index is 1270. The van der Waals surface area contributed by atoms with E-state index < -0.39 is 10.8 Å². The van der Waals surface area contributed by atoms with Gasteiger partial charge in [0.15, 0.2) is 0 Å². The standard InChI is InChI=1S/C26H24N4O4/c31-25(18-8-13-23(24(16-18)30(33)34)28-14-4-1-5-15-28)27-20-9-11-21(12-10-20)29-17-19-6-2-3-7-22(19)26(29)32/h2-3,6-13,16H,1,4-5,14-15,17H2,(H,27,31). The molecule has 8 heteroatoms. The molecule has 1 fully saturated rings. The number of nitrogens with one attached hydrogen (secondary N) is 1. The van der Waals surface area contributed by atoms with Crippen molar-refractivity contribution in [3.8, 4) is 0 Å². The highest BCUT2D eigenvalue weighted by Crippen LogP contribution is 2.32. The van der Waals surface area contributed by atoms with Crippen LogP contribution < -0.4 is 15.1 Å². The van der Waals surface area contributed by atoms with Gasteiger partial charge in [0.25, 0.3) is 17.5 Å². The number of carbonyl (C=O) groups excluding carboxylic acids is 2. The summed E-state index contributed by atoms with van der Waals surface area (Å²) in [5.41, 5.74) is 3.69. The average Bonchev–Trinajstić information content (AvgIpc) is 3.21. The first-order valence-electron chi connectivity index (χ1n) is 11.4. The van der Waals surface area contributed by atoms with Crippen molar-refractivity contribution < 1.29 is 14.5 Å². The van der Waals surface area contributed by atoms with Gasteiger partial charge in [0.1, 0.15) is 5.69 Å². The fourth-order valence-electron chi connectivity index (χ4n) is 4.60. The molecule has 1 N–H and O–H groups in total. The molecule has 2 aliphatic heterocycles. The molecule has 0 atom stereocenters. The van der Waals surface area contributed by atoms with Crippen LogP contribution in [-0.2, 0) is 6.54 Å². The monoisotopic (exact) mass is 456 g/mol. The Balaban J connectivity index is 1.30. The molecule has 3 aromatic carbocycles. The molecule has 0 unspecified atom stereocenters. The molecule has 0 radical (unpaired) electrons. The molecule has 0 spiro atoms. The minimum Gasteiger partial charge on any atom is -0.366 e. The van der Waals surface area contributed by atoms with E-state index in [1.54, 1.807) is 41.3 Å². The molecule has 2 amide bonds. The number of anilines is 3. The van der Waals surface area contributed by atoms with Crippen LogP contribution in [-0.4, -0.2) is 29.8 Å². The highest BCUT2D eigenvalue weighted by molar-refractivity contribution is 6.10. The SMILES string of the molecule is O=C(Nc1ccc(N2Cc3ccccc3C2=O)cc1)c1ccc(N2CCCCC2)c([N+](=O)[O-])c1. The van der Waals surface area contributed by atoms with Crippen LogP contribution in [0.25, 0.3) is 0 Å². The second kappa shape index (κ2) is 8.97. The van der Waals surface area contributed by atoms with Crippen LogP contribution in [0.4, 0.5) is 22.7 Å². The van der Waals surface area contributed by atoms with Crippen LogP contribution in [0.5, 0.6) is 0 Å². The third-order valence-corrected chi connectivity index (χ3v) is 6.39. The number of fused-ring (bicyclic) bond motifs is 1. The van der Waals surface area contributed by atoms with Gasteiger partial charge in [-0.3, -0.25) is 19.7 Å². The first kappa shape index (κ1) is 21.6. The summed E-state index contributed by atoms with van der Waals surface area (Å²) in [4.78, 5) is 40.4. The van der Waals surface area contributed by atoms with E-state index in [2.05, 4.69) is 5.32 Å². The lowest BCUT2D eigenvalue weighted by Gasteiger charge is -2.28. The maximum atomic E-state index is 12.8. The minimum atomic E-state index is -0.430. The first-order chi connectivity index (χ1) is 16.5. The number of nitro benzene ring substituents is 1. The summed E-state index contributed by atoms with van der Waals surface area (Å²) in [6.07, 6.45) is 3.14. The van der Waals surface area contributed by atoms with E-state index in [-0.39, 0.29) is 17.2 Å². The van der Waals surface area contributed by atoms with Crippen molar-refractivity contribution in [3.63, 3.8) is 0 Å². The molecule has 0 bridgehead atoms. The molecular formula is C26H24N4O4. The lowest BCUT2D eigenvalue weighted by Crippen LogP contribution is -2.30. The molecule has 172 valence electrons. The molecule has 1 saturated heterocycles. The van der Waals surface area contributed by atoms with Gasteiger partial charge in [0.2, 0.25) is 0 Å². The fraction of sp³-hybridized carbons (Fsp3) is 0.231. The van der Waals surface area contributed by atoms with Crippen molar-refractivity contribution in [1.82, 2.24) is 0 Å². The molecule has 2 aliphatic rings. The molecule has 0 saturated carbocycles. The van der Waals surface area contributed by atoms with Gasteiger partial charge in [-0.1, -0.05) is 18.2 Å². The van der Waals surface area contributed by atoms with Gasteiger partial charge < -0.3 is 15.1 Å². The van der Waals surface area contributed by atoms with Gasteiger partial charge in [0.05, 0.1) is 11.5 Å². The smallest absolute Gasteiger partial charge is 0.293 e. The summed E-state index contributed by atoms with van der Waals surface area (Å²) < 4.78 is 0. The number of hydrogen-bond acceptors (Lipinski definition) is 5. The third kappa shape index (κ3) is 4.10. The molecular weight excluding hydrogens is 432 g/mol. The maximum Gasteiger partial charge on any atom is 0.293 e. The summed E-state index contributed by atoms with van der Waals surface area (Å²) in [5, 5.41) is 14.5. The van der Waals surface area contributed by atoms with Gasteiger partial charge in [-0.05, 0) is 67.3 Å².